The fourth-order valence-electron chi connectivity index (χ4n) is 3.89. The lowest BCUT2D eigenvalue weighted by atomic mass is 10.1. The Morgan fingerprint density at radius 1 is 1.07 bits per heavy atom. The maximum Gasteiger partial charge on any atom is 0.208 e. The van der Waals surface area contributed by atoms with E-state index in [4.69, 9.17) is 4.42 Å². The molecule has 28 heavy (non-hydrogen) atoms. The highest BCUT2D eigenvalue weighted by Crippen LogP contribution is 2.40. The zero-order chi connectivity index (χ0) is 19.1. The average Bonchev–Trinajstić information content (AvgIpc) is 3.47. The Bertz CT molecular complexity index is 972. The summed E-state index contributed by atoms with van der Waals surface area (Å²) in [5.74, 6) is 3.51. The standard InChI is InChI=1S/C21H26N6O/c1-25(2)21-17-11-16(5-6-18(17)23-14-24-21)27-9-7-26(8-10-27)13-20-22-12-19(28-20)15-3-4-15/h5-6,11-12,14-15H,3-4,7-10,13H2,1-2H3. The first-order valence-corrected chi connectivity index (χ1v) is 10.0. The van der Waals surface area contributed by atoms with E-state index in [1.807, 2.05) is 25.2 Å². The van der Waals surface area contributed by atoms with Gasteiger partial charge in [0.05, 0.1) is 18.3 Å². The quantitative estimate of drug-likeness (QED) is 0.676. The Morgan fingerprint density at radius 3 is 2.64 bits per heavy atom. The van der Waals surface area contributed by atoms with Crippen molar-refractivity contribution in [3.8, 4) is 0 Å². The molecule has 1 saturated carbocycles. The summed E-state index contributed by atoms with van der Waals surface area (Å²) in [6.45, 7) is 4.80. The van der Waals surface area contributed by atoms with E-state index in [0.717, 1.165) is 61.1 Å². The van der Waals surface area contributed by atoms with Gasteiger partial charge in [0.1, 0.15) is 17.9 Å². The number of piperazine rings is 1. The molecule has 1 saturated heterocycles. The summed E-state index contributed by atoms with van der Waals surface area (Å²) >= 11 is 0. The van der Waals surface area contributed by atoms with Crippen LogP contribution in [0.2, 0.25) is 0 Å². The van der Waals surface area contributed by atoms with Gasteiger partial charge in [0.15, 0.2) is 0 Å². The van der Waals surface area contributed by atoms with Crippen molar-refractivity contribution in [2.45, 2.75) is 25.3 Å². The molecular weight excluding hydrogens is 352 g/mol. The molecule has 146 valence electrons. The highest BCUT2D eigenvalue weighted by atomic mass is 16.4. The second-order valence-corrected chi connectivity index (χ2v) is 7.99. The van der Waals surface area contributed by atoms with Gasteiger partial charge in [0.2, 0.25) is 5.89 Å². The van der Waals surface area contributed by atoms with Gasteiger partial charge in [0, 0.05) is 57.3 Å². The zero-order valence-corrected chi connectivity index (χ0v) is 16.5. The van der Waals surface area contributed by atoms with Gasteiger partial charge in [-0.25, -0.2) is 15.0 Å². The number of benzene rings is 1. The number of nitrogens with zero attached hydrogens (tertiary/aromatic N) is 6. The van der Waals surface area contributed by atoms with Gasteiger partial charge in [-0.05, 0) is 31.0 Å². The predicted octanol–water partition coefficient (Wildman–Crippen LogP) is 2.88. The molecule has 2 aromatic heterocycles. The molecular formula is C21H26N6O. The number of fused-ring (bicyclic) bond motifs is 1. The summed E-state index contributed by atoms with van der Waals surface area (Å²) in [6, 6.07) is 6.48. The van der Waals surface area contributed by atoms with Crippen LogP contribution in [0, 0.1) is 0 Å². The van der Waals surface area contributed by atoms with E-state index in [9.17, 15) is 0 Å². The third kappa shape index (κ3) is 3.42. The van der Waals surface area contributed by atoms with Gasteiger partial charge in [-0.2, -0.15) is 0 Å². The maximum absolute atomic E-state index is 5.92. The minimum absolute atomic E-state index is 0.627. The number of anilines is 2. The van der Waals surface area contributed by atoms with Gasteiger partial charge in [-0.3, -0.25) is 4.90 Å². The lowest BCUT2D eigenvalue weighted by Crippen LogP contribution is -2.46. The summed E-state index contributed by atoms with van der Waals surface area (Å²) in [4.78, 5) is 20.2. The molecule has 0 amide bonds. The summed E-state index contributed by atoms with van der Waals surface area (Å²) in [6.07, 6.45) is 6.05. The van der Waals surface area contributed by atoms with Crippen LogP contribution in [0.25, 0.3) is 10.9 Å². The van der Waals surface area contributed by atoms with Crippen molar-refractivity contribution in [1.29, 1.82) is 0 Å². The Kier molecular flexibility index (Phi) is 4.39. The van der Waals surface area contributed by atoms with E-state index >= 15 is 0 Å². The Balaban J connectivity index is 1.26. The molecule has 3 aromatic rings. The van der Waals surface area contributed by atoms with Crippen LogP contribution in [0.15, 0.2) is 35.1 Å². The predicted molar refractivity (Wildman–Crippen MR) is 110 cm³/mol. The van der Waals surface area contributed by atoms with Gasteiger partial charge >= 0.3 is 0 Å². The number of oxazole rings is 1. The van der Waals surface area contributed by atoms with Crippen molar-refractivity contribution in [3.63, 3.8) is 0 Å². The Labute approximate surface area is 165 Å². The molecule has 5 rings (SSSR count). The molecule has 0 N–H and O–H groups in total. The Morgan fingerprint density at radius 2 is 1.89 bits per heavy atom. The molecule has 0 unspecified atom stereocenters. The minimum Gasteiger partial charge on any atom is -0.444 e. The van der Waals surface area contributed by atoms with E-state index < -0.39 is 0 Å². The highest BCUT2D eigenvalue weighted by molar-refractivity contribution is 5.91. The van der Waals surface area contributed by atoms with Crippen LogP contribution in [0.5, 0.6) is 0 Å². The lowest BCUT2D eigenvalue weighted by Gasteiger charge is -2.35. The monoisotopic (exact) mass is 378 g/mol. The number of aromatic nitrogens is 3. The first kappa shape index (κ1) is 17.4. The number of rotatable bonds is 5. The normalized spacial score (nSPS) is 18.0. The maximum atomic E-state index is 5.92. The van der Waals surface area contributed by atoms with Crippen LogP contribution in [-0.4, -0.2) is 60.1 Å². The van der Waals surface area contributed by atoms with E-state index in [2.05, 4.69) is 43.0 Å². The van der Waals surface area contributed by atoms with Gasteiger partial charge in [-0.15, -0.1) is 0 Å². The van der Waals surface area contributed by atoms with Crippen molar-refractivity contribution in [1.82, 2.24) is 19.9 Å². The van der Waals surface area contributed by atoms with Gasteiger partial charge < -0.3 is 14.2 Å². The van der Waals surface area contributed by atoms with E-state index in [1.54, 1.807) is 6.33 Å². The summed E-state index contributed by atoms with van der Waals surface area (Å²) in [5, 5.41) is 1.10. The molecule has 0 radical (unpaired) electrons. The Hall–Kier alpha value is -2.67. The zero-order valence-electron chi connectivity index (χ0n) is 16.5. The van der Waals surface area contributed by atoms with Crippen LogP contribution < -0.4 is 9.80 Å². The van der Waals surface area contributed by atoms with Crippen molar-refractivity contribution in [2.24, 2.45) is 0 Å². The minimum atomic E-state index is 0.627. The number of hydrogen-bond donors (Lipinski definition) is 0. The molecule has 0 bridgehead atoms. The van der Waals surface area contributed by atoms with Crippen LogP contribution in [0.4, 0.5) is 11.5 Å². The van der Waals surface area contributed by atoms with Crippen molar-refractivity contribution in [2.75, 3.05) is 50.1 Å². The molecule has 1 aliphatic heterocycles. The van der Waals surface area contributed by atoms with Crippen molar-refractivity contribution >= 4 is 22.4 Å². The summed E-state index contributed by atoms with van der Waals surface area (Å²) < 4.78 is 5.92. The topological polar surface area (TPSA) is 61.5 Å². The van der Waals surface area contributed by atoms with Gasteiger partial charge in [0.25, 0.3) is 0 Å². The first-order valence-electron chi connectivity index (χ1n) is 10.0. The molecule has 2 aliphatic rings. The lowest BCUT2D eigenvalue weighted by molar-refractivity contribution is 0.224. The molecule has 0 spiro atoms. The summed E-state index contributed by atoms with van der Waals surface area (Å²) in [7, 11) is 4.04. The molecule has 1 aliphatic carbocycles. The van der Waals surface area contributed by atoms with Crippen LogP contribution >= 0.6 is 0 Å². The van der Waals surface area contributed by atoms with Crippen LogP contribution in [0.1, 0.15) is 30.4 Å². The second-order valence-electron chi connectivity index (χ2n) is 7.99. The van der Waals surface area contributed by atoms with Crippen LogP contribution in [0.3, 0.4) is 0 Å². The first-order chi connectivity index (χ1) is 13.7. The molecule has 0 atom stereocenters. The van der Waals surface area contributed by atoms with Crippen molar-refractivity contribution in [3.05, 3.63) is 42.4 Å². The average molecular weight is 378 g/mol. The van der Waals surface area contributed by atoms with E-state index in [1.165, 1.54) is 18.5 Å². The molecule has 7 nitrogen and oxygen atoms in total. The molecule has 2 fully saturated rings. The second kappa shape index (κ2) is 7.05. The smallest absolute Gasteiger partial charge is 0.208 e. The van der Waals surface area contributed by atoms with E-state index in [-0.39, 0.29) is 0 Å². The van der Waals surface area contributed by atoms with Gasteiger partial charge in [-0.1, -0.05) is 0 Å². The third-order valence-corrected chi connectivity index (χ3v) is 5.67. The SMILES string of the molecule is CN(C)c1ncnc2ccc(N3CCN(Cc4ncc(C5CC5)o4)CC3)cc12. The van der Waals surface area contributed by atoms with Crippen LogP contribution in [-0.2, 0) is 6.54 Å². The highest BCUT2D eigenvalue weighted by Gasteiger charge is 2.28. The number of hydrogen-bond acceptors (Lipinski definition) is 7. The van der Waals surface area contributed by atoms with Crippen molar-refractivity contribution < 1.29 is 4.42 Å². The summed E-state index contributed by atoms with van der Waals surface area (Å²) in [5.41, 5.74) is 2.22. The van der Waals surface area contributed by atoms with E-state index in [0.29, 0.717) is 5.92 Å². The fraction of sp³-hybridized carbons (Fsp3) is 0.476. The fourth-order valence-corrected chi connectivity index (χ4v) is 3.89. The molecule has 1 aromatic carbocycles. The molecule has 3 heterocycles. The largest absolute Gasteiger partial charge is 0.444 e. The molecule has 7 heteroatoms. The third-order valence-electron chi connectivity index (χ3n) is 5.67.